The minimum Gasteiger partial charge on any atom is -0.292 e. The Morgan fingerprint density at radius 2 is 1.69 bits per heavy atom. The molecule has 0 fully saturated rings. The smallest absolute Gasteiger partial charge is 0.292 e. The highest BCUT2D eigenvalue weighted by molar-refractivity contribution is 5.88. The number of carbonyl (C=O) groups excluding carboxylic acids is 1. The van der Waals surface area contributed by atoms with E-state index >= 15 is 0 Å². The van der Waals surface area contributed by atoms with Crippen LogP contribution in [0.2, 0.25) is 0 Å². The molecule has 0 amide bonds. The van der Waals surface area contributed by atoms with Gasteiger partial charge in [-0.2, -0.15) is 10.1 Å². The van der Waals surface area contributed by atoms with E-state index < -0.39 is 12.1 Å². The quantitative estimate of drug-likeness (QED) is 0.311. The van der Waals surface area contributed by atoms with Crippen LogP contribution in [0.4, 0.5) is 0 Å². The van der Waals surface area contributed by atoms with Crippen LogP contribution in [-0.4, -0.2) is 5.97 Å². The number of nitrogens with zero attached hydrogens (tertiary/aromatic N) is 1. The maximum atomic E-state index is 12.1. The Balaban J connectivity index is 2.03. The fourth-order valence-corrected chi connectivity index (χ4v) is 2.79. The Morgan fingerprint density at radius 1 is 1.00 bits per heavy atom. The van der Waals surface area contributed by atoms with Gasteiger partial charge >= 0.3 is 5.97 Å². The third-order valence-electron chi connectivity index (χ3n) is 4.25. The molecule has 0 aliphatic heterocycles. The van der Waals surface area contributed by atoms with Gasteiger partial charge in [0, 0.05) is 5.56 Å². The van der Waals surface area contributed by atoms with E-state index in [-0.39, 0.29) is 0 Å². The van der Waals surface area contributed by atoms with E-state index in [1.807, 2.05) is 24.3 Å². The van der Waals surface area contributed by atoms with E-state index in [9.17, 15) is 10.1 Å². The zero-order chi connectivity index (χ0) is 18.6. The van der Waals surface area contributed by atoms with E-state index in [0.717, 1.165) is 18.4 Å². The summed E-state index contributed by atoms with van der Waals surface area (Å²) in [6.45, 7) is 2.18. The third kappa shape index (κ3) is 6.02. The molecule has 0 radical (unpaired) electrons. The first-order chi connectivity index (χ1) is 12.8. The molecule has 1 atom stereocenters. The van der Waals surface area contributed by atoms with Gasteiger partial charge in [-0.1, -0.05) is 75.4 Å². The second kappa shape index (κ2) is 11.1. The molecule has 2 rings (SSSR count). The first-order valence-corrected chi connectivity index (χ1v) is 9.18. The number of hydrogen-bond acceptors (Lipinski definition) is 4. The summed E-state index contributed by atoms with van der Waals surface area (Å²) >= 11 is 0. The van der Waals surface area contributed by atoms with Gasteiger partial charge in [0.2, 0.25) is 0 Å². The lowest BCUT2D eigenvalue weighted by atomic mass is 9.98. The Bertz CT molecular complexity index is 722. The molecule has 0 heterocycles. The van der Waals surface area contributed by atoms with Gasteiger partial charge in [-0.25, -0.2) is 4.79 Å². The van der Waals surface area contributed by atoms with Crippen molar-refractivity contribution < 1.29 is 14.6 Å². The van der Waals surface area contributed by atoms with Gasteiger partial charge in [-0.15, -0.1) is 0 Å². The summed E-state index contributed by atoms with van der Waals surface area (Å²) in [5.74, 6) is -0.531. The van der Waals surface area contributed by atoms with E-state index in [2.05, 4.69) is 13.0 Å². The molecule has 4 heteroatoms. The highest BCUT2D eigenvalue weighted by Gasteiger charge is 2.19. The third-order valence-corrected chi connectivity index (χ3v) is 4.25. The molecule has 4 nitrogen and oxygen atoms in total. The summed E-state index contributed by atoms with van der Waals surface area (Å²) in [5.41, 5.74) is 1.73. The lowest BCUT2D eigenvalue weighted by Gasteiger charge is -2.17. The van der Waals surface area contributed by atoms with Crippen molar-refractivity contribution in [1.29, 1.82) is 5.26 Å². The lowest BCUT2D eigenvalue weighted by molar-refractivity contribution is -0.279. The van der Waals surface area contributed by atoms with Crippen molar-refractivity contribution in [2.75, 3.05) is 0 Å². The van der Waals surface area contributed by atoms with Crippen molar-refractivity contribution in [3.8, 4) is 6.07 Å². The van der Waals surface area contributed by atoms with Gasteiger partial charge in [0.05, 0.1) is 17.2 Å². The minimum absolute atomic E-state index is 0.433. The zero-order valence-corrected chi connectivity index (χ0v) is 15.2. The Kier molecular flexibility index (Phi) is 8.38. The number of rotatable bonds is 10. The fraction of sp³-hybridized carbons (Fsp3) is 0.364. The molecule has 0 saturated carbocycles. The number of unbranched alkanes of at least 4 members (excludes halogenated alkanes) is 4. The highest BCUT2D eigenvalue weighted by atomic mass is 17.2. The molecule has 136 valence electrons. The van der Waals surface area contributed by atoms with Crippen molar-refractivity contribution in [1.82, 2.24) is 0 Å². The monoisotopic (exact) mass is 351 g/mol. The van der Waals surface area contributed by atoms with Crippen molar-refractivity contribution in [3.05, 3.63) is 71.3 Å². The van der Waals surface area contributed by atoms with Crippen LogP contribution < -0.4 is 0 Å². The fourth-order valence-electron chi connectivity index (χ4n) is 2.79. The number of hydrogen-bond donors (Lipinski definition) is 0. The standard InChI is InChI=1S/C22H25NO3/c1-2-3-4-5-9-16-21(20-15-11-10-14-19(20)17-23)25-26-22(24)18-12-7-6-8-13-18/h6-8,10-15,21H,2-5,9,16H2,1H3. The maximum absolute atomic E-state index is 12.1. The SMILES string of the molecule is CCCCCCCC(OOC(=O)c1ccccc1)c1ccccc1C#N. The molecule has 2 aromatic rings. The van der Waals surface area contributed by atoms with E-state index in [1.54, 1.807) is 30.3 Å². The van der Waals surface area contributed by atoms with E-state index in [1.165, 1.54) is 19.3 Å². The average Bonchev–Trinajstić information content (AvgIpc) is 2.70. The lowest BCUT2D eigenvalue weighted by Crippen LogP contribution is -2.12. The Labute approximate surface area is 155 Å². The van der Waals surface area contributed by atoms with Gasteiger partial charge in [0.1, 0.15) is 6.10 Å². The molecular formula is C22H25NO3. The van der Waals surface area contributed by atoms with Gasteiger partial charge < -0.3 is 0 Å². The van der Waals surface area contributed by atoms with Crippen LogP contribution >= 0.6 is 0 Å². The maximum Gasteiger partial charge on any atom is 0.373 e. The largest absolute Gasteiger partial charge is 0.373 e. The summed E-state index contributed by atoms with van der Waals surface area (Å²) in [7, 11) is 0. The number of nitriles is 1. The summed E-state index contributed by atoms with van der Waals surface area (Å²) < 4.78 is 0. The van der Waals surface area contributed by atoms with Crippen LogP contribution in [-0.2, 0) is 9.78 Å². The molecule has 0 spiro atoms. The van der Waals surface area contributed by atoms with Crippen molar-refractivity contribution >= 4 is 5.97 Å². The predicted molar refractivity (Wildman–Crippen MR) is 100 cm³/mol. The van der Waals surface area contributed by atoms with E-state index in [4.69, 9.17) is 9.78 Å². The molecule has 1 unspecified atom stereocenters. The summed E-state index contributed by atoms with van der Waals surface area (Å²) in [6, 6.07) is 18.2. The van der Waals surface area contributed by atoms with Crippen LogP contribution in [0.25, 0.3) is 0 Å². The predicted octanol–water partition coefficient (Wildman–Crippen LogP) is 5.75. The highest BCUT2D eigenvalue weighted by Crippen LogP contribution is 2.27. The normalized spacial score (nSPS) is 11.5. The van der Waals surface area contributed by atoms with Crippen molar-refractivity contribution in [2.45, 2.75) is 51.6 Å². The Hall–Kier alpha value is -2.64. The van der Waals surface area contributed by atoms with Crippen LogP contribution in [0.3, 0.4) is 0 Å². The first kappa shape index (κ1) is 19.7. The second-order valence-electron chi connectivity index (χ2n) is 6.22. The molecule has 2 aromatic carbocycles. The van der Waals surface area contributed by atoms with Crippen LogP contribution in [0.5, 0.6) is 0 Å². The Morgan fingerprint density at radius 3 is 2.42 bits per heavy atom. The van der Waals surface area contributed by atoms with Gasteiger partial charge in [0.15, 0.2) is 0 Å². The number of benzene rings is 2. The molecule has 0 aliphatic rings. The van der Waals surface area contributed by atoms with Crippen LogP contribution in [0.15, 0.2) is 54.6 Å². The molecule has 0 aliphatic carbocycles. The van der Waals surface area contributed by atoms with Gasteiger partial charge in [-0.05, 0) is 24.6 Å². The minimum atomic E-state index is -0.531. The molecule has 0 bridgehead atoms. The summed E-state index contributed by atoms with van der Waals surface area (Å²) in [6.07, 6.45) is 5.87. The molecular weight excluding hydrogens is 326 g/mol. The molecule has 0 aromatic heterocycles. The second-order valence-corrected chi connectivity index (χ2v) is 6.22. The first-order valence-electron chi connectivity index (χ1n) is 9.18. The molecule has 26 heavy (non-hydrogen) atoms. The average molecular weight is 351 g/mol. The van der Waals surface area contributed by atoms with Crippen LogP contribution in [0.1, 0.15) is 73.0 Å². The van der Waals surface area contributed by atoms with E-state index in [0.29, 0.717) is 17.5 Å². The summed E-state index contributed by atoms with van der Waals surface area (Å²) in [5, 5.41) is 9.35. The van der Waals surface area contributed by atoms with Crippen LogP contribution in [0, 0.1) is 11.3 Å². The number of carbonyl (C=O) groups is 1. The summed E-state index contributed by atoms with van der Waals surface area (Å²) in [4.78, 5) is 22.7. The van der Waals surface area contributed by atoms with Gasteiger partial charge in [-0.3, -0.25) is 4.89 Å². The molecule has 0 N–H and O–H groups in total. The van der Waals surface area contributed by atoms with Crippen molar-refractivity contribution in [3.63, 3.8) is 0 Å². The topological polar surface area (TPSA) is 59.3 Å². The van der Waals surface area contributed by atoms with Gasteiger partial charge in [0.25, 0.3) is 0 Å². The molecule has 0 saturated heterocycles. The van der Waals surface area contributed by atoms with Crippen molar-refractivity contribution in [2.24, 2.45) is 0 Å². The zero-order valence-electron chi connectivity index (χ0n) is 15.2.